The van der Waals surface area contributed by atoms with Gasteiger partial charge in [0.05, 0.1) is 0 Å². The van der Waals surface area contributed by atoms with Gasteiger partial charge in [0, 0.05) is 12.0 Å². The summed E-state index contributed by atoms with van der Waals surface area (Å²) in [6.45, 7) is 2.18. The Hall–Kier alpha value is -1.67. The molecule has 0 radical (unpaired) electrons. The Bertz CT molecular complexity index is 478. The van der Waals surface area contributed by atoms with Crippen molar-refractivity contribution in [3.63, 3.8) is 0 Å². The predicted molar refractivity (Wildman–Crippen MR) is 73.1 cm³/mol. The molecule has 0 spiro atoms. The van der Waals surface area contributed by atoms with Crippen molar-refractivity contribution in [1.82, 2.24) is 5.32 Å². The van der Waals surface area contributed by atoms with Crippen molar-refractivity contribution in [3.05, 3.63) is 71.5 Å². The molecule has 0 aliphatic rings. The summed E-state index contributed by atoms with van der Waals surface area (Å²) in [6, 6.07) is 17.3. The molecule has 2 aromatic rings. The number of benzene rings is 2. The number of rotatable bonds is 4. The van der Waals surface area contributed by atoms with Crippen molar-refractivity contribution >= 4 is 0 Å². The summed E-state index contributed by atoms with van der Waals surface area (Å²) in [7, 11) is 1.94. The smallest absolute Gasteiger partial charge is 0.123 e. The molecule has 0 saturated heterocycles. The molecular formula is C16H18FN. The van der Waals surface area contributed by atoms with Crippen LogP contribution in [-0.2, 0) is 0 Å². The van der Waals surface area contributed by atoms with Crippen molar-refractivity contribution in [2.24, 2.45) is 0 Å². The largest absolute Gasteiger partial charge is 0.312 e. The second-order valence-electron chi connectivity index (χ2n) is 4.52. The summed E-state index contributed by atoms with van der Waals surface area (Å²) in [5.41, 5.74) is 2.39. The minimum absolute atomic E-state index is 0.188. The van der Waals surface area contributed by atoms with Gasteiger partial charge >= 0.3 is 0 Å². The SMILES string of the molecule is CNC(c1ccc(F)cc1)C(C)c1ccccc1. The first-order chi connectivity index (χ1) is 8.72. The molecule has 1 nitrogen and oxygen atoms in total. The normalized spacial score (nSPS) is 14.2. The second-order valence-corrected chi connectivity index (χ2v) is 4.52. The number of likely N-dealkylation sites (N-methyl/N-ethyl adjacent to an activating group) is 1. The molecule has 18 heavy (non-hydrogen) atoms. The Morgan fingerprint density at radius 2 is 1.50 bits per heavy atom. The average molecular weight is 243 g/mol. The minimum Gasteiger partial charge on any atom is -0.312 e. The third-order valence-corrected chi connectivity index (χ3v) is 3.37. The summed E-state index contributed by atoms with van der Waals surface area (Å²) in [5, 5.41) is 3.31. The Labute approximate surface area is 108 Å². The molecule has 0 aliphatic heterocycles. The van der Waals surface area contributed by atoms with Crippen LogP contribution in [0.2, 0.25) is 0 Å². The molecule has 0 aromatic heterocycles. The highest BCUT2D eigenvalue weighted by Crippen LogP contribution is 2.30. The number of hydrogen-bond acceptors (Lipinski definition) is 1. The highest BCUT2D eigenvalue weighted by Gasteiger charge is 2.18. The maximum Gasteiger partial charge on any atom is 0.123 e. The third kappa shape index (κ3) is 2.77. The number of hydrogen-bond donors (Lipinski definition) is 1. The van der Waals surface area contributed by atoms with Gasteiger partial charge in [-0.2, -0.15) is 0 Å². The molecule has 2 heteroatoms. The van der Waals surface area contributed by atoms with Crippen LogP contribution in [0.3, 0.4) is 0 Å². The maximum atomic E-state index is 13.0. The van der Waals surface area contributed by atoms with Crippen LogP contribution in [0.15, 0.2) is 54.6 Å². The lowest BCUT2D eigenvalue weighted by Gasteiger charge is -2.24. The Kier molecular flexibility index (Phi) is 4.11. The summed E-state index contributed by atoms with van der Waals surface area (Å²) >= 11 is 0. The van der Waals surface area contributed by atoms with E-state index in [0.717, 1.165) is 5.56 Å². The van der Waals surface area contributed by atoms with Gasteiger partial charge in [-0.15, -0.1) is 0 Å². The first kappa shape index (κ1) is 12.8. The highest BCUT2D eigenvalue weighted by molar-refractivity contribution is 5.27. The zero-order chi connectivity index (χ0) is 13.0. The van der Waals surface area contributed by atoms with Gasteiger partial charge in [-0.05, 0) is 30.3 Å². The first-order valence-electron chi connectivity index (χ1n) is 6.20. The molecule has 0 heterocycles. The van der Waals surface area contributed by atoms with Gasteiger partial charge in [-0.25, -0.2) is 4.39 Å². The molecule has 2 aromatic carbocycles. The van der Waals surface area contributed by atoms with Crippen LogP contribution in [0, 0.1) is 5.82 Å². The van der Waals surface area contributed by atoms with E-state index in [1.165, 1.54) is 17.7 Å². The maximum absolute atomic E-state index is 13.0. The van der Waals surface area contributed by atoms with E-state index in [9.17, 15) is 4.39 Å². The monoisotopic (exact) mass is 243 g/mol. The Morgan fingerprint density at radius 1 is 0.889 bits per heavy atom. The molecule has 0 fully saturated rings. The zero-order valence-electron chi connectivity index (χ0n) is 10.7. The molecule has 2 unspecified atom stereocenters. The minimum atomic E-state index is -0.194. The molecule has 2 rings (SSSR count). The quantitative estimate of drug-likeness (QED) is 0.859. The third-order valence-electron chi connectivity index (χ3n) is 3.37. The van der Waals surface area contributed by atoms with Crippen LogP contribution >= 0.6 is 0 Å². The lowest BCUT2D eigenvalue weighted by atomic mass is 9.89. The predicted octanol–water partition coefficient (Wildman–Crippen LogP) is 3.89. The van der Waals surface area contributed by atoms with Crippen molar-refractivity contribution in [2.75, 3.05) is 7.05 Å². The van der Waals surface area contributed by atoms with E-state index >= 15 is 0 Å². The molecule has 0 aliphatic carbocycles. The number of halogens is 1. The van der Waals surface area contributed by atoms with Crippen LogP contribution in [0.4, 0.5) is 4.39 Å². The summed E-state index contributed by atoms with van der Waals surface area (Å²) < 4.78 is 13.0. The van der Waals surface area contributed by atoms with Gasteiger partial charge in [0.2, 0.25) is 0 Å². The molecular weight excluding hydrogens is 225 g/mol. The Balaban J connectivity index is 2.26. The summed E-state index contributed by atoms with van der Waals surface area (Å²) in [5.74, 6) is 0.141. The van der Waals surface area contributed by atoms with E-state index in [1.807, 2.05) is 37.4 Å². The van der Waals surface area contributed by atoms with E-state index in [1.54, 1.807) is 0 Å². The van der Waals surface area contributed by atoms with Crippen molar-refractivity contribution < 1.29 is 4.39 Å². The fourth-order valence-electron chi connectivity index (χ4n) is 2.32. The summed E-state index contributed by atoms with van der Waals surface area (Å²) in [6.07, 6.45) is 0. The summed E-state index contributed by atoms with van der Waals surface area (Å²) in [4.78, 5) is 0. The standard InChI is InChI=1S/C16H18FN/c1-12(13-6-4-3-5-7-13)16(18-2)14-8-10-15(17)11-9-14/h3-12,16,18H,1-2H3. The fraction of sp³-hybridized carbons (Fsp3) is 0.250. The van der Waals surface area contributed by atoms with Crippen molar-refractivity contribution in [1.29, 1.82) is 0 Å². The van der Waals surface area contributed by atoms with Gasteiger partial charge in [0.25, 0.3) is 0 Å². The zero-order valence-corrected chi connectivity index (χ0v) is 10.7. The van der Waals surface area contributed by atoms with Crippen LogP contribution in [0.5, 0.6) is 0 Å². The van der Waals surface area contributed by atoms with Gasteiger partial charge in [0.15, 0.2) is 0 Å². The molecule has 1 N–H and O–H groups in total. The topological polar surface area (TPSA) is 12.0 Å². The van der Waals surface area contributed by atoms with Crippen LogP contribution in [-0.4, -0.2) is 7.05 Å². The van der Waals surface area contributed by atoms with E-state index in [4.69, 9.17) is 0 Å². The molecule has 94 valence electrons. The van der Waals surface area contributed by atoms with Crippen molar-refractivity contribution in [2.45, 2.75) is 18.9 Å². The second kappa shape index (κ2) is 5.78. The molecule has 0 amide bonds. The van der Waals surface area contributed by atoms with Gasteiger partial charge < -0.3 is 5.32 Å². The van der Waals surface area contributed by atoms with Crippen LogP contribution < -0.4 is 5.32 Å². The average Bonchev–Trinajstić information content (AvgIpc) is 2.42. The van der Waals surface area contributed by atoms with Gasteiger partial charge in [-0.1, -0.05) is 49.4 Å². The molecule has 0 bridgehead atoms. The Morgan fingerprint density at radius 3 is 2.06 bits per heavy atom. The van der Waals surface area contributed by atoms with E-state index in [2.05, 4.69) is 24.4 Å². The molecule has 0 saturated carbocycles. The number of nitrogens with one attached hydrogen (secondary N) is 1. The van der Waals surface area contributed by atoms with Gasteiger partial charge in [-0.3, -0.25) is 0 Å². The first-order valence-corrected chi connectivity index (χ1v) is 6.20. The fourth-order valence-corrected chi connectivity index (χ4v) is 2.32. The van der Waals surface area contributed by atoms with Gasteiger partial charge in [0.1, 0.15) is 5.82 Å². The van der Waals surface area contributed by atoms with E-state index in [0.29, 0.717) is 5.92 Å². The lowest BCUT2D eigenvalue weighted by Crippen LogP contribution is -2.22. The van der Waals surface area contributed by atoms with E-state index < -0.39 is 0 Å². The van der Waals surface area contributed by atoms with Crippen molar-refractivity contribution in [3.8, 4) is 0 Å². The lowest BCUT2D eigenvalue weighted by molar-refractivity contribution is 0.506. The van der Waals surface area contributed by atoms with Crippen LogP contribution in [0.25, 0.3) is 0 Å². The van der Waals surface area contributed by atoms with E-state index in [-0.39, 0.29) is 11.9 Å². The highest BCUT2D eigenvalue weighted by atomic mass is 19.1. The van der Waals surface area contributed by atoms with Crippen LogP contribution in [0.1, 0.15) is 30.0 Å². The molecule has 2 atom stereocenters.